The molecule has 1 atom stereocenters. The summed E-state index contributed by atoms with van der Waals surface area (Å²) in [5.41, 5.74) is 7.67. The summed E-state index contributed by atoms with van der Waals surface area (Å²) in [4.78, 5) is 27.1. The number of aromatic amines is 1. The van der Waals surface area contributed by atoms with Gasteiger partial charge in [-0.05, 0) is 49.6 Å². The van der Waals surface area contributed by atoms with Gasteiger partial charge in [-0.15, -0.1) is 0 Å². The van der Waals surface area contributed by atoms with E-state index in [-0.39, 0.29) is 23.5 Å². The number of anilines is 1. The Morgan fingerprint density at radius 3 is 2.70 bits per heavy atom. The van der Waals surface area contributed by atoms with E-state index >= 15 is 0 Å². The number of amides is 1. The summed E-state index contributed by atoms with van der Waals surface area (Å²) in [5.74, 6) is 0.272. The molecule has 1 aliphatic heterocycles. The number of hydrogen-bond donors (Lipinski definition) is 2. The normalized spacial score (nSPS) is 16.6. The number of fused-ring (bicyclic) bond motifs is 2. The molecule has 0 saturated carbocycles. The van der Waals surface area contributed by atoms with Crippen LogP contribution in [-0.2, 0) is 4.74 Å². The maximum Gasteiger partial charge on any atom is 0.410 e. The van der Waals surface area contributed by atoms with Crippen molar-refractivity contribution in [3.8, 4) is 11.1 Å². The minimum absolute atomic E-state index is 0.0721. The van der Waals surface area contributed by atoms with E-state index in [0.29, 0.717) is 30.4 Å². The quantitative estimate of drug-likeness (QED) is 0.478. The van der Waals surface area contributed by atoms with Crippen molar-refractivity contribution in [1.82, 2.24) is 19.7 Å². The molecule has 1 saturated heterocycles. The van der Waals surface area contributed by atoms with Crippen molar-refractivity contribution in [3.05, 3.63) is 59.0 Å². The Balaban J connectivity index is 1.59. The van der Waals surface area contributed by atoms with Crippen molar-refractivity contribution < 1.29 is 9.53 Å². The number of carbonyl (C=O) groups is 1. The molecule has 8 nitrogen and oxygen atoms in total. The molecule has 0 unspecified atom stereocenters. The van der Waals surface area contributed by atoms with Crippen molar-refractivity contribution >= 4 is 33.6 Å². The monoisotopic (exact) mass is 445 g/mol. The predicted molar refractivity (Wildman–Crippen MR) is 129 cm³/mol. The van der Waals surface area contributed by atoms with Gasteiger partial charge in [0, 0.05) is 24.8 Å². The van der Waals surface area contributed by atoms with E-state index in [1.54, 1.807) is 4.90 Å². The van der Waals surface area contributed by atoms with Crippen molar-refractivity contribution in [2.24, 2.45) is 0 Å². The number of H-pyrrole nitrogens is 1. The van der Waals surface area contributed by atoms with E-state index < -0.39 is 5.60 Å². The van der Waals surface area contributed by atoms with Gasteiger partial charge < -0.3 is 19.9 Å². The number of nitrogens with one attached hydrogen (secondary N) is 1. The molecule has 2 aromatic heterocycles. The Morgan fingerprint density at radius 2 is 1.94 bits per heavy atom. The molecular weight excluding hydrogens is 418 g/mol. The number of rotatable bonds is 2. The average molecular weight is 446 g/mol. The molecule has 1 fully saturated rings. The molecule has 0 bridgehead atoms. The summed E-state index contributed by atoms with van der Waals surface area (Å²) in [7, 11) is 0. The van der Waals surface area contributed by atoms with Gasteiger partial charge in [0.25, 0.3) is 5.56 Å². The van der Waals surface area contributed by atoms with Gasteiger partial charge in [-0.2, -0.15) is 5.10 Å². The van der Waals surface area contributed by atoms with Crippen molar-refractivity contribution in [2.45, 2.75) is 38.8 Å². The fraction of sp³-hybridized carbons (Fsp3) is 0.320. The number of nitrogens with zero attached hydrogens (tertiary/aromatic N) is 3. The molecule has 170 valence electrons. The number of carbonyl (C=O) groups excluding carboxylic acids is 1. The maximum atomic E-state index is 12.9. The lowest BCUT2D eigenvalue weighted by Gasteiger charge is -2.24. The molecule has 0 aliphatic carbocycles. The van der Waals surface area contributed by atoms with Gasteiger partial charge in [-0.3, -0.25) is 4.79 Å². The van der Waals surface area contributed by atoms with Crippen molar-refractivity contribution in [3.63, 3.8) is 0 Å². The highest BCUT2D eigenvalue weighted by molar-refractivity contribution is 6.03. The molecule has 1 amide bonds. The summed E-state index contributed by atoms with van der Waals surface area (Å²) in [6.07, 6.45) is 2.33. The molecule has 2 aromatic carbocycles. The number of benzene rings is 2. The van der Waals surface area contributed by atoms with Crippen LogP contribution in [0.15, 0.2) is 53.5 Å². The Hall–Kier alpha value is -3.81. The summed E-state index contributed by atoms with van der Waals surface area (Å²) >= 11 is 0. The SMILES string of the molecule is CC(C)(C)OC(=O)N1CC[C@H](n2cc(-c3ccc4ccccc4c3)c3c(N)n[nH]c(=O)c32)C1. The summed E-state index contributed by atoms with van der Waals surface area (Å²) in [6, 6.07) is 14.2. The zero-order valence-electron chi connectivity index (χ0n) is 19.0. The fourth-order valence-electron chi connectivity index (χ4n) is 4.56. The highest BCUT2D eigenvalue weighted by Gasteiger charge is 2.32. The number of likely N-dealkylation sites (tertiary alicyclic amines) is 1. The molecule has 33 heavy (non-hydrogen) atoms. The third-order valence-electron chi connectivity index (χ3n) is 6.05. The largest absolute Gasteiger partial charge is 0.444 e. The highest BCUT2D eigenvalue weighted by atomic mass is 16.6. The van der Waals surface area contributed by atoms with Crippen LogP contribution in [0.2, 0.25) is 0 Å². The van der Waals surface area contributed by atoms with E-state index in [1.165, 1.54) is 0 Å². The molecule has 3 N–H and O–H groups in total. The third-order valence-corrected chi connectivity index (χ3v) is 6.05. The molecule has 5 rings (SSSR count). The first-order valence-electron chi connectivity index (χ1n) is 11.1. The number of ether oxygens (including phenoxy) is 1. The summed E-state index contributed by atoms with van der Waals surface area (Å²) in [6.45, 7) is 6.57. The smallest absolute Gasteiger partial charge is 0.410 e. The van der Waals surface area contributed by atoms with E-state index in [0.717, 1.165) is 21.9 Å². The van der Waals surface area contributed by atoms with Crippen molar-refractivity contribution in [2.75, 3.05) is 18.8 Å². The first kappa shape index (κ1) is 21.1. The first-order chi connectivity index (χ1) is 15.7. The van der Waals surface area contributed by atoms with Crippen LogP contribution in [-0.4, -0.2) is 44.4 Å². The lowest BCUT2D eigenvalue weighted by atomic mass is 10.0. The van der Waals surface area contributed by atoms with Crippen LogP contribution in [0.25, 0.3) is 32.8 Å². The summed E-state index contributed by atoms with van der Waals surface area (Å²) in [5, 5.41) is 9.40. The van der Waals surface area contributed by atoms with E-state index in [1.807, 2.05) is 49.7 Å². The Kier molecular flexibility index (Phi) is 4.88. The van der Waals surface area contributed by atoms with Crippen LogP contribution in [0.3, 0.4) is 0 Å². The van der Waals surface area contributed by atoms with Gasteiger partial charge in [0.05, 0.1) is 11.4 Å². The fourth-order valence-corrected chi connectivity index (χ4v) is 4.56. The maximum absolute atomic E-state index is 12.9. The predicted octanol–water partition coefficient (Wildman–Crippen LogP) is 4.31. The van der Waals surface area contributed by atoms with Gasteiger partial charge in [0.1, 0.15) is 11.1 Å². The van der Waals surface area contributed by atoms with Crippen LogP contribution in [0, 0.1) is 0 Å². The standard InChI is InChI=1S/C25H27N5O3/c1-25(2,3)33-24(32)29-11-10-18(13-29)30-14-19(20-21(30)23(31)28-27-22(20)26)17-9-8-15-6-4-5-7-16(15)12-17/h4-9,12,14,18H,10-11,13H2,1-3H3,(H2,26,27)(H,28,31)/t18-/m0/s1. The number of nitrogen functional groups attached to an aromatic ring is 1. The third kappa shape index (κ3) is 3.82. The topological polar surface area (TPSA) is 106 Å². The van der Waals surface area contributed by atoms with E-state index in [2.05, 4.69) is 34.5 Å². The van der Waals surface area contributed by atoms with Crippen LogP contribution >= 0.6 is 0 Å². The molecule has 0 spiro atoms. The molecule has 4 aromatic rings. The molecular formula is C25H27N5O3. The molecule has 3 heterocycles. The molecule has 8 heteroatoms. The second-order valence-electron chi connectivity index (χ2n) is 9.54. The second-order valence-corrected chi connectivity index (χ2v) is 9.54. The van der Waals surface area contributed by atoms with Crippen molar-refractivity contribution in [1.29, 1.82) is 0 Å². The van der Waals surface area contributed by atoms with E-state index in [9.17, 15) is 9.59 Å². The first-order valence-corrected chi connectivity index (χ1v) is 11.1. The zero-order valence-corrected chi connectivity index (χ0v) is 19.0. The van der Waals surface area contributed by atoms with Gasteiger partial charge in [0.2, 0.25) is 0 Å². The van der Waals surface area contributed by atoms with Gasteiger partial charge in [-0.25, -0.2) is 9.89 Å². The zero-order chi connectivity index (χ0) is 23.3. The number of aromatic nitrogens is 3. The van der Waals surface area contributed by atoms with Crippen LogP contribution in [0.1, 0.15) is 33.2 Å². The Bertz CT molecular complexity index is 1430. The average Bonchev–Trinajstić information content (AvgIpc) is 3.41. The van der Waals surface area contributed by atoms with Crippen LogP contribution in [0.4, 0.5) is 10.6 Å². The lowest BCUT2D eigenvalue weighted by Crippen LogP contribution is -2.35. The second kappa shape index (κ2) is 7.65. The minimum atomic E-state index is -0.560. The van der Waals surface area contributed by atoms with Gasteiger partial charge in [-0.1, -0.05) is 36.4 Å². The van der Waals surface area contributed by atoms with Crippen LogP contribution in [0.5, 0.6) is 0 Å². The number of nitrogens with two attached hydrogens (primary N) is 1. The van der Waals surface area contributed by atoms with E-state index in [4.69, 9.17) is 10.5 Å². The molecule has 1 aliphatic rings. The Morgan fingerprint density at radius 1 is 1.18 bits per heavy atom. The Labute approximate surface area is 190 Å². The lowest BCUT2D eigenvalue weighted by molar-refractivity contribution is 0.0289. The minimum Gasteiger partial charge on any atom is -0.444 e. The highest BCUT2D eigenvalue weighted by Crippen LogP contribution is 2.37. The molecule has 0 radical (unpaired) electrons. The van der Waals surface area contributed by atoms with Crippen LogP contribution < -0.4 is 11.3 Å². The van der Waals surface area contributed by atoms with Gasteiger partial charge >= 0.3 is 6.09 Å². The van der Waals surface area contributed by atoms with Gasteiger partial charge in [0.15, 0.2) is 5.82 Å². The summed E-state index contributed by atoms with van der Waals surface area (Å²) < 4.78 is 7.48. The number of hydrogen-bond acceptors (Lipinski definition) is 5.